The van der Waals surface area contributed by atoms with E-state index in [1.165, 1.54) is 23.5 Å². The lowest BCUT2D eigenvalue weighted by Crippen LogP contribution is -2.45. The van der Waals surface area contributed by atoms with Crippen LogP contribution in [0.25, 0.3) is 0 Å². The lowest BCUT2D eigenvalue weighted by molar-refractivity contribution is -0.126. The molecule has 0 bridgehead atoms. The quantitative estimate of drug-likeness (QED) is 0.806. The van der Waals surface area contributed by atoms with Gasteiger partial charge in [0.05, 0.1) is 24.0 Å². The van der Waals surface area contributed by atoms with E-state index in [0.717, 1.165) is 5.56 Å². The third-order valence-electron chi connectivity index (χ3n) is 5.11. The summed E-state index contributed by atoms with van der Waals surface area (Å²) in [6, 6.07) is 15.9. The molecule has 1 amide bonds. The molecule has 0 spiro atoms. The van der Waals surface area contributed by atoms with Gasteiger partial charge in [0.2, 0.25) is 15.9 Å². The minimum atomic E-state index is -3.64. The van der Waals surface area contributed by atoms with Crippen molar-refractivity contribution in [3.63, 3.8) is 0 Å². The smallest absolute Gasteiger partial charge is 0.243 e. The number of carbonyl (C=O) groups is 1. The zero-order chi connectivity index (χ0) is 20.1. The number of nitrogens with one attached hydrogen (secondary N) is 1. The van der Waals surface area contributed by atoms with Gasteiger partial charge in [0.25, 0.3) is 0 Å². The summed E-state index contributed by atoms with van der Waals surface area (Å²) in [6.07, 6.45) is 1.34. The molecule has 0 aliphatic carbocycles. The van der Waals surface area contributed by atoms with E-state index in [-0.39, 0.29) is 29.3 Å². The number of hydrogen-bond acceptors (Lipinski definition) is 4. The number of rotatable bonds is 6. The van der Waals surface area contributed by atoms with Crippen molar-refractivity contribution in [2.24, 2.45) is 5.92 Å². The normalized spacial score (nSPS) is 19.0. The van der Waals surface area contributed by atoms with Crippen molar-refractivity contribution in [2.45, 2.75) is 30.7 Å². The van der Waals surface area contributed by atoms with Crippen LogP contribution in [-0.4, -0.2) is 38.8 Å². The molecule has 7 heteroatoms. The number of sulfonamides is 1. The van der Waals surface area contributed by atoms with E-state index in [2.05, 4.69) is 5.32 Å². The first-order valence-corrected chi connectivity index (χ1v) is 10.9. The van der Waals surface area contributed by atoms with Crippen LogP contribution in [0, 0.1) is 5.92 Å². The van der Waals surface area contributed by atoms with Gasteiger partial charge in [-0.15, -0.1) is 0 Å². The van der Waals surface area contributed by atoms with Crippen molar-refractivity contribution in [1.29, 1.82) is 0 Å². The second-order valence-corrected chi connectivity index (χ2v) is 8.96. The zero-order valence-corrected chi connectivity index (χ0v) is 17.0. The van der Waals surface area contributed by atoms with Crippen LogP contribution in [0.5, 0.6) is 5.75 Å². The van der Waals surface area contributed by atoms with Crippen LogP contribution in [-0.2, 0) is 14.8 Å². The number of nitrogens with zero attached hydrogens (tertiary/aromatic N) is 1. The highest BCUT2D eigenvalue weighted by Gasteiger charge is 2.33. The topological polar surface area (TPSA) is 75.7 Å². The predicted octanol–water partition coefficient (Wildman–Crippen LogP) is 2.97. The maximum atomic E-state index is 13.0. The Hall–Kier alpha value is -2.38. The SMILES string of the molecule is COc1ccc(S(=O)(=O)N2CCC[C@H](C(=O)N[C@@H](C)c3ccccc3)C2)cc1. The Bertz CT molecular complexity index is 898. The molecule has 0 aromatic heterocycles. The van der Waals surface area contributed by atoms with Crippen molar-refractivity contribution in [2.75, 3.05) is 20.2 Å². The summed E-state index contributed by atoms with van der Waals surface area (Å²) in [5.41, 5.74) is 1.02. The lowest BCUT2D eigenvalue weighted by Gasteiger charge is -2.32. The van der Waals surface area contributed by atoms with E-state index < -0.39 is 10.0 Å². The maximum Gasteiger partial charge on any atom is 0.243 e. The highest BCUT2D eigenvalue weighted by molar-refractivity contribution is 7.89. The number of methoxy groups -OCH3 is 1. The molecule has 6 nitrogen and oxygen atoms in total. The molecular weight excluding hydrogens is 376 g/mol. The molecule has 0 radical (unpaired) electrons. The maximum absolute atomic E-state index is 13.0. The first kappa shape index (κ1) is 20.4. The molecule has 1 N–H and O–H groups in total. The van der Waals surface area contributed by atoms with Gasteiger partial charge in [-0.1, -0.05) is 30.3 Å². The van der Waals surface area contributed by atoms with E-state index in [1.54, 1.807) is 12.1 Å². The fraction of sp³-hybridized carbons (Fsp3) is 0.381. The average molecular weight is 403 g/mol. The third-order valence-corrected chi connectivity index (χ3v) is 6.99. The molecule has 1 aliphatic rings. The van der Waals surface area contributed by atoms with E-state index >= 15 is 0 Å². The third kappa shape index (κ3) is 4.54. The van der Waals surface area contributed by atoms with Crippen LogP contribution < -0.4 is 10.1 Å². The van der Waals surface area contributed by atoms with Crippen molar-refractivity contribution in [3.05, 3.63) is 60.2 Å². The summed E-state index contributed by atoms with van der Waals surface area (Å²) in [5, 5.41) is 3.02. The number of amides is 1. The van der Waals surface area contributed by atoms with Crippen LogP contribution in [0.3, 0.4) is 0 Å². The van der Waals surface area contributed by atoms with Gasteiger partial charge in [0, 0.05) is 13.1 Å². The minimum absolute atomic E-state index is 0.106. The number of hydrogen-bond donors (Lipinski definition) is 1. The Morgan fingerprint density at radius 2 is 1.82 bits per heavy atom. The molecule has 150 valence electrons. The summed E-state index contributed by atoms with van der Waals surface area (Å²) in [7, 11) is -2.10. The summed E-state index contributed by atoms with van der Waals surface area (Å²) >= 11 is 0. The van der Waals surface area contributed by atoms with Crippen molar-refractivity contribution in [3.8, 4) is 5.75 Å². The van der Waals surface area contributed by atoms with Gasteiger partial charge in [0.15, 0.2) is 0 Å². The van der Waals surface area contributed by atoms with Gasteiger partial charge < -0.3 is 10.1 Å². The first-order chi connectivity index (χ1) is 13.4. The highest BCUT2D eigenvalue weighted by atomic mass is 32.2. The Labute approximate surface area is 166 Å². The number of ether oxygens (including phenoxy) is 1. The van der Waals surface area contributed by atoms with Crippen molar-refractivity contribution >= 4 is 15.9 Å². The fourth-order valence-corrected chi connectivity index (χ4v) is 4.95. The van der Waals surface area contributed by atoms with Gasteiger partial charge in [-0.05, 0) is 49.6 Å². The molecule has 2 atom stereocenters. The number of carbonyl (C=O) groups excluding carboxylic acids is 1. The lowest BCUT2D eigenvalue weighted by atomic mass is 9.98. The molecule has 1 fully saturated rings. The molecule has 2 aromatic rings. The van der Waals surface area contributed by atoms with E-state index in [9.17, 15) is 13.2 Å². The van der Waals surface area contributed by atoms with Crippen molar-refractivity contribution < 1.29 is 17.9 Å². The second-order valence-electron chi connectivity index (χ2n) is 7.02. The van der Waals surface area contributed by atoms with Crippen LogP contribution in [0.15, 0.2) is 59.5 Å². The van der Waals surface area contributed by atoms with Gasteiger partial charge in [-0.3, -0.25) is 4.79 Å². The van der Waals surface area contributed by atoms with E-state index in [1.807, 2.05) is 37.3 Å². The van der Waals surface area contributed by atoms with Gasteiger partial charge in [-0.25, -0.2) is 8.42 Å². The van der Waals surface area contributed by atoms with Crippen LogP contribution in [0.2, 0.25) is 0 Å². The minimum Gasteiger partial charge on any atom is -0.497 e. The molecule has 0 saturated carbocycles. The van der Waals surface area contributed by atoms with Crippen molar-refractivity contribution in [1.82, 2.24) is 9.62 Å². The summed E-state index contributed by atoms with van der Waals surface area (Å²) in [5.74, 6) is 0.142. The average Bonchev–Trinajstić information content (AvgIpc) is 2.74. The Kier molecular flexibility index (Phi) is 6.36. The van der Waals surface area contributed by atoms with Crippen LogP contribution in [0.4, 0.5) is 0 Å². The number of benzene rings is 2. The standard InChI is InChI=1S/C21H26N2O4S/c1-16(17-7-4-3-5-8-17)22-21(24)18-9-6-14-23(15-18)28(25,26)20-12-10-19(27-2)11-13-20/h3-5,7-8,10-13,16,18H,6,9,14-15H2,1-2H3,(H,22,24)/t16-,18-/m0/s1. The largest absolute Gasteiger partial charge is 0.497 e. The fourth-order valence-electron chi connectivity index (χ4n) is 3.43. The second kappa shape index (κ2) is 8.75. The monoisotopic (exact) mass is 402 g/mol. The first-order valence-electron chi connectivity index (χ1n) is 9.41. The Morgan fingerprint density at radius 1 is 1.14 bits per heavy atom. The van der Waals surface area contributed by atoms with Crippen LogP contribution in [0.1, 0.15) is 31.4 Å². The predicted molar refractivity (Wildman–Crippen MR) is 107 cm³/mol. The Morgan fingerprint density at radius 3 is 2.46 bits per heavy atom. The molecule has 1 aliphatic heterocycles. The van der Waals surface area contributed by atoms with Crippen LogP contribution >= 0.6 is 0 Å². The Balaban J connectivity index is 1.68. The zero-order valence-electron chi connectivity index (χ0n) is 16.2. The molecule has 1 saturated heterocycles. The van der Waals surface area contributed by atoms with E-state index in [4.69, 9.17) is 4.74 Å². The van der Waals surface area contributed by atoms with Gasteiger partial charge in [-0.2, -0.15) is 4.31 Å². The van der Waals surface area contributed by atoms with Gasteiger partial charge in [0.1, 0.15) is 5.75 Å². The summed E-state index contributed by atoms with van der Waals surface area (Å²) in [4.78, 5) is 12.9. The van der Waals surface area contributed by atoms with Gasteiger partial charge >= 0.3 is 0 Å². The molecule has 0 unspecified atom stereocenters. The molecule has 1 heterocycles. The molecule has 28 heavy (non-hydrogen) atoms. The highest BCUT2D eigenvalue weighted by Crippen LogP contribution is 2.26. The molecular formula is C21H26N2O4S. The molecule has 2 aromatic carbocycles. The van der Waals surface area contributed by atoms with E-state index in [0.29, 0.717) is 25.1 Å². The summed E-state index contributed by atoms with van der Waals surface area (Å²) in [6.45, 7) is 2.55. The summed E-state index contributed by atoms with van der Waals surface area (Å²) < 4.78 is 32.4. The number of piperidine rings is 1. The molecule has 3 rings (SSSR count).